The number of Topliss-reactive ketones (excluding diaryl/α,β-unsaturated/α-hetero) is 1. The molecule has 2 N–H and O–H groups in total. The van der Waals surface area contributed by atoms with Gasteiger partial charge in [0.25, 0.3) is 0 Å². The molecule has 0 radical (unpaired) electrons. The van der Waals surface area contributed by atoms with Gasteiger partial charge in [0.05, 0.1) is 37.9 Å². The van der Waals surface area contributed by atoms with Crippen LogP contribution in [0.5, 0.6) is 5.75 Å². The van der Waals surface area contributed by atoms with Gasteiger partial charge in [-0.1, -0.05) is 17.3 Å². The first kappa shape index (κ1) is 20.0. The molecule has 1 aromatic heterocycles. The summed E-state index contributed by atoms with van der Waals surface area (Å²) in [5, 5.41) is 16.6. The van der Waals surface area contributed by atoms with E-state index in [2.05, 4.69) is 10.5 Å². The predicted molar refractivity (Wildman–Crippen MR) is 101 cm³/mol. The fourth-order valence-corrected chi connectivity index (χ4v) is 3.35. The number of nitrogens with one attached hydrogen (secondary N) is 1. The molecule has 1 amide bonds. The van der Waals surface area contributed by atoms with E-state index in [1.54, 1.807) is 25.0 Å². The molecule has 1 aliphatic rings. The Labute approximate surface area is 163 Å². The Kier molecular flexibility index (Phi) is 6.43. The second kappa shape index (κ2) is 8.99. The summed E-state index contributed by atoms with van der Waals surface area (Å²) in [6.07, 6.45) is -0.200. The van der Waals surface area contributed by atoms with Crippen LogP contribution in [-0.2, 0) is 22.6 Å². The number of ether oxygens (including phenoxy) is 1. The van der Waals surface area contributed by atoms with Gasteiger partial charge in [-0.3, -0.25) is 14.5 Å². The van der Waals surface area contributed by atoms with Gasteiger partial charge in [0.15, 0.2) is 5.78 Å². The molecule has 0 saturated carbocycles. The summed E-state index contributed by atoms with van der Waals surface area (Å²) in [5.41, 5.74) is 1.66. The first-order valence-electron chi connectivity index (χ1n) is 9.21. The third kappa shape index (κ3) is 5.17. The second-order valence-electron chi connectivity index (χ2n) is 7.05. The molecule has 2 atom stereocenters. The molecule has 8 nitrogen and oxygen atoms in total. The molecular weight excluding hydrogens is 362 g/mol. The zero-order valence-electron chi connectivity index (χ0n) is 16.1. The van der Waals surface area contributed by atoms with Gasteiger partial charge in [-0.15, -0.1) is 0 Å². The van der Waals surface area contributed by atoms with Crippen molar-refractivity contribution in [3.63, 3.8) is 0 Å². The Morgan fingerprint density at radius 1 is 1.36 bits per heavy atom. The fourth-order valence-electron chi connectivity index (χ4n) is 3.35. The number of carbonyl (C=O) groups excluding carboxylic acids is 2. The van der Waals surface area contributed by atoms with Gasteiger partial charge in [-0.2, -0.15) is 0 Å². The first-order chi connectivity index (χ1) is 13.4. The van der Waals surface area contributed by atoms with Gasteiger partial charge in [-0.25, -0.2) is 0 Å². The summed E-state index contributed by atoms with van der Waals surface area (Å²) in [5.74, 6) is 0.970. The molecule has 0 aliphatic carbocycles. The van der Waals surface area contributed by atoms with Gasteiger partial charge < -0.3 is 19.7 Å². The van der Waals surface area contributed by atoms with Crippen LogP contribution in [0, 0.1) is 6.92 Å². The summed E-state index contributed by atoms with van der Waals surface area (Å²) in [7, 11) is 1.60. The third-order valence-electron chi connectivity index (χ3n) is 4.74. The van der Waals surface area contributed by atoms with Crippen molar-refractivity contribution in [1.29, 1.82) is 0 Å². The smallest absolute Gasteiger partial charge is 0.237 e. The van der Waals surface area contributed by atoms with E-state index in [1.807, 2.05) is 24.3 Å². The van der Waals surface area contributed by atoms with Crippen molar-refractivity contribution in [2.75, 3.05) is 20.2 Å². The minimum atomic E-state index is -0.628. The number of likely N-dealkylation sites (tertiary alicyclic amines) is 1. The average molecular weight is 387 g/mol. The molecule has 8 heteroatoms. The molecule has 28 heavy (non-hydrogen) atoms. The largest absolute Gasteiger partial charge is 0.497 e. The molecular formula is C20H25N3O5. The number of ketones is 1. The molecule has 0 spiro atoms. The highest BCUT2D eigenvalue weighted by molar-refractivity contribution is 5.85. The van der Waals surface area contributed by atoms with Crippen molar-refractivity contribution in [3.05, 3.63) is 47.3 Å². The monoisotopic (exact) mass is 387 g/mol. The van der Waals surface area contributed by atoms with Crippen LogP contribution >= 0.6 is 0 Å². The molecule has 1 fully saturated rings. The van der Waals surface area contributed by atoms with Crippen LogP contribution in [0.4, 0.5) is 0 Å². The number of nitrogens with zero attached hydrogens (tertiary/aromatic N) is 2. The molecule has 0 unspecified atom stereocenters. The fraction of sp³-hybridized carbons (Fsp3) is 0.450. The Bertz CT molecular complexity index is 818. The van der Waals surface area contributed by atoms with Gasteiger partial charge in [0.1, 0.15) is 11.5 Å². The SMILES string of the molecule is COc1ccc(CNC(=O)[C@@H]2C[C@@H](O)CN2CC(=O)Cc2cc(C)no2)cc1. The number of hydrogen-bond donors (Lipinski definition) is 2. The Morgan fingerprint density at radius 3 is 2.75 bits per heavy atom. The van der Waals surface area contributed by atoms with Crippen LogP contribution in [0.3, 0.4) is 0 Å². The lowest BCUT2D eigenvalue weighted by atomic mass is 10.1. The summed E-state index contributed by atoms with van der Waals surface area (Å²) < 4.78 is 10.2. The maximum absolute atomic E-state index is 12.6. The van der Waals surface area contributed by atoms with Crippen molar-refractivity contribution in [3.8, 4) is 5.75 Å². The minimum Gasteiger partial charge on any atom is -0.497 e. The van der Waals surface area contributed by atoms with E-state index in [4.69, 9.17) is 9.26 Å². The first-order valence-corrected chi connectivity index (χ1v) is 9.21. The van der Waals surface area contributed by atoms with Crippen molar-refractivity contribution < 1.29 is 24.0 Å². The highest BCUT2D eigenvalue weighted by Gasteiger charge is 2.36. The topological polar surface area (TPSA) is 105 Å². The number of aromatic nitrogens is 1. The highest BCUT2D eigenvalue weighted by Crippen LogP contribution is 2.19. The number of methoxy groups -OCH3 is 1. The number of hydrogen-bond acceptors (Lipinski definition) is 7. The zero-order chi connectivity index (χ0) is 20.1. The number of benzene rings is 1. The van der Waals surface area contributed by atoms with Crippen LogP contribution in [0.1, 0.15) is 23.4 Å². The molecule has 0 bridgehead atoms. The lowest BCUT2D eigenvalue weighted by Crippen LogP contribution is -2.45. The summed E-state index contributed by atoms with van der Waals surface area (Å²) in [6.45, 7) is 2.53. The van der Waals surface area contributed by atoms with Crippen molar-refractivity contribution in [2.24, 2.45) is 0 Å². The lowest BCUT2D eigenvalue weighted by molar-refractivity contribution is -0.127. The molecule has 2 heterocycles. The molecule has 1 aliphatic heterocycles. The zero-order valence-corrected chi connectivity index (χ0v) is 16.1. The van der Waals surface area contributed by atoms with Crippen LogP contribution in [0.25, 0.3) is 0 Å². The van der Waals surface area contributed by atoms with E-state index in [9.17, 15) is 14.7 Å². The third-order valence-corrected chi connectivity index (χ3v) is 4.74. The molecule has 2 aromatic rings. The number of aliphatic hydroxyl groups excluding tert-OH is 1. The summed E-state index contributed by atoms with van der Waals surface area (Å²) >= 11 is 0. The van der Waals surface area contributed by atoms with Crippen LogP contribution in [0.2, 0.25) is 0 Å². The number of β-amino-alcohol motifs (C(OH)–C–C–N with tert-alkyl or cyclic N) is 1. The highest BCUT2D eigenvalue weighted by atomic mass is 16.5. The van der Waals surface area contributed by atoms with E-state index in [0.717, 1.165) is 17.0 Å². The molecule has 1 saturated heterocycles. The van der Waals surface area contributed by atoms with Crippen LogP contribution in [0.15, 0.2) is 34.9 Å². The van der Waals surface area contributed by atoms with E-state index >= 15 is 0 Å². The Balaban J connectivity index is 1.54. The van der Waals surface area contributed by atoms with Gasteiger partial charge in [0.2, 0.25) is 5.91 Å². The second-order valence-corrected chi connectivity index (χ2v) is 7.05. The predicted octanol–water partition coefficient (Wildman–Crippen LogP) is 0.855. The Hall–Kier alpha value is -2.71. The Morgan fingerprint density at radius 2 is 2.11 bits per heavy atom. The number of carbonyl (C=O) groups is 2. The van der Waals surface area contributed by atoms with E-state index in [-0.39, 0.29) is 24.7 Å². The van der Waals surface area contributed by atoms with Crippen LogP contribution in [-0.4, -0.2) is 59.2 Å². The molecule has 1 aromatic carbocycles. The van der Waals surface area contributed by atoms with Crippen molar-refractivity contribution in [2.45, 2.75) is 38.5 Å². The van der Waals surface area contributed by atoms with Gasteiger partial charge in [-0.05, 0) is 31.0 Å². The van der Waals surface area contributed by atoms with E-state index in [0.29, 0.717) is 25.3 Å². The average Bonchev–Trinajstić information content (AvgIpc) is 3.25. The summed E-state index contributed by atoms with van der Waals surface area (Å²) in [4.78, 5) is 26.7. The normalized spacial score (nSPS) is 19.5. The number of aryl methyl sites for hydroxylation is 1. The van der Waals surface area contributed by atoms with Gasteiger partial charge in [0, 0.05) is 19.2 Å². The van der Waals surface area contributed by atoms with Gasteiger partial charge >= 0.3 is 0 Å². The molecule has 3 rings (SSSR count). The van der Waals surface area contributed by atoms with Crippen LogP contribution < -0.4 is 10.1 Å². The van der Waals surface area contributed by atoms with Crippen molar-refractivity contribution >= 4 is 11.7 Å². The lowest BCUT2D eigenvalue weighted by Gasteiger charge is -2.22. The standard InChI is InChI=1S/C20H25N3O5/c1-13-7-18(28-22-13)8-15(24)11-23-12-16(25)9-19(23)20(26)21-10-14-3-5-17(27-2)6-4-14/h3-7,16,19,25H,8-12H2,1-2H3,(H,21,26)/t16-,19+/m1/s1. The number of rotatable bonds is 8. The maximum atomic E-state index is 12.6. The number of amides is 1. The van der Waals surface area contributed by atoms with E-state index < -0.39 is 12.1 Å². The van der Waals surface area contributed by atoms with Crippen molar-refractivity contribution in [1.82, 2.24) is 15.4 Å². The minimum absolute atomic E-state index is 0.0808. The van der Waals surface area contributed by atoms with E-state index in [1.165, 1.54) is 0 Å². The molecule has 150 valence electrons. The quantitative estimate of drug-likeness (QED) is 0.692. The summed E-state index contributed by atoms with van der Waals surface area (Å²) in [6, 6.07) is 8.60. The number of aliphatic hydroxyl groups is 1. The maximum Gasteiger partial charge on any atom is 0.237 e.